The van der Waals surface area contributed by atoms with Gasteiger partial charge in [0.05, 0.1) is 16.9 Å². The Morgan fingerprint density at radius 1 is 0.957 bits per heavy atom. The molecule has 0 aliphatic carbocycles. The summed E-state index contributed by atoms with van der Waals surface area (Å²) in [6, 6.07) is 19.9. The molecule has 0 spiro atoms. The van der Waals surface area contributed by atoms with Gasteiger partial charge in [0, 0.05) is 42.5 Å². The van der Waals surface area contributed by atoms with Crippen LogP contribution < -0.4 is 15.4 Å². The first-order chi connectivity index (χ1) is 22.2. The number of anilines is 2. The van der Waals surface area contributed by atoms with Gasteiger partial charge in [-0.05, 0) is 68.0 Å². The zero-order chi connectivity index (χ0) is 33.8. The van der Waals surface area contributed by atoms with Crippen molar-refractivity contribution in [2.45, 2.75) is 58.5 Å². The van der Waals surface area contributed by atoms with E-state index in [1.807, 2.05) is 61.5 Å². The van der Waals surface area contributed by atoms with Crippen LogP contribution >= 0.6 is 0 Å². The van der Waals surface area contributed by atoms with Gasteiger partial charge in [-0.3, -0.25) is 10.1 Å². The molecule has 3 heterocycles. The lowest BCUT2D eigenvalue weighted by atomic mass is 9.90. The van der Waals surface area contributed by atoms with Gasteiger partial charge in [-0.25, -0.2) is 14.5 Å². The first-order valence-electron chi connectivity index (χ1n) is 15.5. The number of ether oxygens (including phenoxy) is 1. The van der Waals surface area contributed by atoms with Crippen LogP contribution in [0, 0.1) is 12.8 Å². The second kappa shape index (κ2) is 13.9. The number of urea groups is 1. The van der Waals surface area contributed by atoms with Crippen molar-refractivity contribution in [3.05, 3.63) is 95.3 Å². The van der Waals surface area contributed by atoms with Gasteiger partial charge in [0.1, 0.15) is 5.82 Å². The number of likely N-dealkylation sites (tertiary alicyclic amines) is 1. The average molecular weight is 649 g/mol. The number of aryl methyl sites for hydroxylation is 1. The molecule has 1 aliphatic heterocycles. The highest BCUT2D eigenvalue weighted by molar-refractivity contribution is 5.99. The number of benzene rings is 2. The third kappa shape index (κ3) is 9.11. The van der Waals surface area contributed by atoms with Crippen molar-refractivity contribution < 1.29 is 27.5 Å². The molecule has 248 valence electrons. The Balaban J connectivity index is 1.15. The average Bonchev–Trinajstić information content (AvgIpc) is 3.45. The molecule has 12 heteroatoms. The molecule has 5 rings (SSSR count). The Bertz CT molecular complexity index is 1690. The zero-order valence-corrected chi connectivity index (χ0v) is 26.9. The summed E-state index contributed by atoms with van der Waals surface area (Å²) in [4.78, 5) is 31.7. The number of hydrogen-bond donors (Lipinski definition) is 2. The minimum absolute atomic E-state index is 0.185. The number of pyridine rings is 1. The fraction of sp³-hybridized carbons (Fsp3) is 0.371. The van der Waals surface area contributed by atoms with Crippen molar-refractivity contribution in [2.75, 3.05) is 30.3 Å². The molecule has 9 nitrogen and oxygen atoms in total. The molecule has 0 saturated carbocycles. The lowest BCUT2D eigenvalue weighted by Crippen LogP contribution is -2.39. The Hall–Kier alpha value is -4.87. The summed E-state index contributed by atoms with van der Waals surface area (Å²) in [6.07, 6.45) is -0.834. The van der Waals surface area contributed by atoms with Gasteiger partial charge in [-0.15, -0.1) is 0 Å². The molecule has 0 atom stereocenters. The summed E-state index contributed by atoms with van der Waals surface area (Å²) < 4.78 is 43.5. The molecular weight excluding hydrogens is 609 g/mol. The quantitative estimate of drug-likeness (QED) is 0.206. The predicted octanol–water partition coefficient (Wildman–Crippen LogP) is 7.55. The Morgan fingerprint density at radius 3 is 2.32 bits per heavy atom. The summed E-state index contributed by atoms with van der Waals surface area (Å²) in [5.41, 5.74) is 4.67. The molecule has 1 saturated heterocycles. The maximum absolute atomic E-state index is 13.1. The first kappa shape index (κ1) is 33.5. The number of carbonyl (C=O) groups excluding carboxylic acids is 2. The van der Waals surface area contributed by atoms with E-state index in [9.17, 15) is 22.8 Å². The molecule has 1 aliphatic rings. The highest BCUT2D eigenvalue weighted by Gasteiger charge is 2.29. The number of rotatable bonds is 8. The van der Waals surface area contributed by atoms with Crippen molar-refractivity contribution in [2.24, 2.45) is 5.92 Å². The maximum atomic E-state index is 13.1. The molecule has 3 amide bonds. The number of carbonyl (C=O) groups is 2. The second-order valence-corrected chi connectivity index (χ2v) is 12.9. The largest absolute Gasteiger partial charge is 0.468 e. The van der Waals surface area contributed by atoms with E-state index in [1.54, 1.807) is 9.58 Å². The second-order valence-electron chi connectivity index (χ2n) is 12.9. The van der Waals surface area contributed by atoms with E-state index in [-0.39, 0.29) is 23.2 Å². The number of hydrogen-bond acceptors (Lipinski definition) is 5. The molecule has 2 N–H and O–H groups in total. The Kier molecular flexibility index (Phi) is 9.88. The number of nitrogens with one attached hydrogen (secondary N) is 2. The molecule has 1 fully saturated rings. The predicted molar refractivity (Wildman–Crippen MR) is 174 cm³/mol. The van der Waals surface area contributed by atoms with Crippen LogP contribution in [0.4, 0.5) is 29.5 Å². The van der Waals surface area contributed by atoms with Gasteiger partial charge in [0.2, 0.25) is 5.88 Å². The molecule has 0 radical (unpaired) electrons. The van der Waals surface area contributed by atoms with Gasteiger partial charge in [0.25, 0.3) is 5.91 Å². The van der Waals surface area contributed by atoms with Crippen molar-refractivity contribution in [3.8, 4) is 11.6 Å². The molecule has 2 aromatic heterocycles. The Morgan fingerprint density at radius 2 is 1.68 bits per heavy atom. The highest BCUT2D eigenvalue weighted by atomic mass is 19.4. The van der Waals surface area contributed by atoms with E-state index in [2.05, 4.69) is 41.1 Å². The molecule has 0 bridgehead atoms. The van der Waals surface area contributed by atoms with Crippen molar-refractivity contribution in [3.63, 3.8) is 0 Å². The van der Waals surface area contributed by atoms with Crippen molar-refractivity contribution in [1.29, 1.82) is 0 Å². The van der Waals surface area contributed by atoms with Crippen LogP contribution in [0.15, 0.2) is 72.9 Å². The smallest absolute Gasteiger partial charge is 0.422 e. The number of amides is 3. The summed E-state index contributed by atoms with van der Waals surface area (Å²) in [5, 5.41) is 10.7. The summed E-state index contributed by atoms with van der Waals surface area (Å²) in [6.45, 7) is 7.92. The van der Waals surface area contributed by atoms with Crippen LogP contribution in [0.3, 0.4) is 0 Å². The molecule has 47 heavy (non-hydrogen) atoms. The lowest BCUT2D eigenvalue weighted by molar-refractivity contribution is -0.154. The van der Waals surface area contributed by atoms with Crippen LogP contribution in [0.1, 0.15) is 60.8 Å². The van der Waals surface area contributed by atoms with E-state index >= 15 is 0 Å². The fourth-order valence-electron chi connectivity index (χ4n) is 5.38. The monoisotopic (exact) mass is 648 g/mol. The van der Waals surface area contributed by atoms with Crippen molar-refractivity contribution in [1.82, 2.24) is 19.7 Å². The van der Waals surface area contributed by atoms with Gasteiger partial charge in [0.15, 0.2) is 6.61 Å². The number of nitrogens with zero attached hydrogens (tertiary/aromatic N) is 4. The fourth-order valence-corrected chi connectivity index (χ4v) is 5.38. The summed E-state index contributed by atoms with van der Waals surface area (Å²) >= 11 is 0. The summed E-state index contributed by atoms with van der Waals surface area (Å²) in [5.74, 6) is 0.513. The minimum Gasteiger partial charge on any atom is -0.468 e. The van der Waals surface area contributed by atoms with Crippen LogP contribution in [0.2, 0.25) is 0 Å². The number of alkyl halides is 3. The van der Waals surface area contributed by atoms with Gasteiger partial charge >= 0.3 is 12.2 Å². The number of aromatic nitrogens is 3. The maximum Gasteiger partial charge on any atom is 0.422 e. The molecule has 4 aromatic rings. The molecule has 2 aromatic carbocycles. The zero-order valence-electron chi connectivity index (χ0n) is 26.9. The first-order valence-corrected chi connectivity index (χ1v) is 15.5. The van der Waals surface area contributed by atoms with Gasteiger partial charge in [-0.1, -0.05) is 50.6 Å². The third-order valence-corrected chi connectivity index (χ3v) is 7.98. The van der Waals surface area contributed by atoms with E-state index in [1.165, 1.54) is 18.3 Å². The topological polar surface area (TPSA) is 101 Å². The standard InChI is InChI=1S/C35H39F3N6O3/c1-23-8-11-28(12-9-23)44-30(20-29(42-44)34(2,3)4)41-33(46)40-27-7-5-6-25(19-27)18-24-14-16-43(17-15-24)32(45)26-10-13-31(39-21-26)47-22-35(36,37)38/h5-13,19-21,24H,14-18,22H2,1-4H3,(H2,40,41,46). The van der Waals surface area contributed by atoms with Crippen LogP contribution in [-0.2, 0) is 11.8 Å². The van der Waals surface area contributed by atoms with Gasteiger partial charge < -0.3 is 15.0 Å². The van der Waals surface area contributed by atoms with E-state index in [4.69, 9.17) is 5.10 Å². The molecule has 0 unspecified atom stereocenters. The summed E-state index contributed by atoms with van der Waals surface area (Å²) in [7, 11) is 0. The normalized spacial score (nSPS) is 14.1. The molecular formula is C35H39F3N6O3. The van der Waals surface area contributed by atoms with Crippen LogP contribution in [0.5, 0.6) is 5.88 Å². The third-order valence-electron chi connectivity index (χ3n) is 7.98. The number of halogens is 3. The van der Waals surface area contributed by atoms with E-state index < -0.39 is 12.8 Å². The van der Waals surface area contributed by atoms with Crippen LogP contribution in [-0.4, -0.2) is 57.5 Å². The van der Waals surface area contributed by atoms with E-state index in [0.29, 0.717) is 36.1 Å². The van der Waals surface area contributed by atoms with E-state index in [0.717, 1.165) is 41.8 Å². The SMILES string of the molecule is Cc1ccc(-n2nc(C(C)(C)C)cc2NC(=O)Nc2cccc(CC3CCN(C(=O)c4ccc(OCC(F)(F)F)nc4)CC3)c2)cc1. The minimum atomic E-state index is -4.46. The Labute approximate surface area is 272 Å². The lowest BCUT2D eigenvalue weighted by Gasteiger charge is -2.32. The van der Waals surface area contributed by atoms with Crippen LogP contribution in [0.25, 0.3) is 5.69 Å². The highest BCUT2D eigenvalue weighted by Crippen LogP contribution is 2.28. The van der Waals surface area contributed by atoms with Gasteiger partial charge in [-0.2, -0.15) is 18.3 Å². The van der Waals surface area contributed by atoms with Crippen molar-refractivity contribution >= 4 is 23.4 Å². The number of piperidine rings is 1.